The first-order valence-corrected chi connectivity index (χ1v) is 7.06. The summed E-state index contributed by atoms with van der Waals surface area (Å²) in [5.41, 5.74) is 2.23. The van der Waals surface area contributed by atoms with Crippen molar-refractivity contribution in [1.82, 2.24) is 0 Å². The van der Waals surface area contributed by atoms with Gasteiger partial charge in [0, 0.05) is 5.22 Å². The molecule has 0 unspecified atom stereocenters. The minimum absolute atomic E-state index is 0.125. The smallest absolute Gasteiger partial charge is 0.238 e. The van der Waals surface area contributed by atoms with Crippen LogP contribution in [0.2, 0.25) is 0 Å². The largest absolute Gasteiger partial charge is 0.248 e. The lowest BCUT2D eigenvalue weighted by molar-refractivity contribution is 0.597. The first-order chi connectivity index (χ1) is 8.05. The van der Waals surface area contributed by atoms with Crippen LogP contribution in [0.15, 0.2) is 39.9 Å². The van der Waals surface area contributed by atoms with E-state index in [0.29, 0.717) is 0 Å². The average Bonchev–Trinajstić information content (AvgIpc) is 2.65. The van der Waals surface area contributed by atoms with Crippen LogP contribution in [0.5, 0.6) is 0 Å². The van der Waals surface area contributed by atoms with Gasteiger partial charge in [0.1, 0.15) is 0 Å². The van der Waals surface area contributed by atoms with E-state index in [1.54, 1.807) is 18.2 Å². The highest BCUT2D eigenvalue weighted by Gasteiger charge is 2.17. The van der Waals surface area contributed by atoms with Crippen molar-refractivity contribution >= 4 is 15.6 Å². The number of allylic oxidation sites excluding steroid dienone is 2. The third-order valence-electron chi connectivity index (χ3n) is 3.14. The Kier molecular flexibility index (Phi) is 2.21. The van der Waals surface area contributed by atoms with Crippen LogP contribution in [0.4, 0.5) is 0 Å². The number of hydrogen-bond donors (Lipinski definition) is 1. The fraction of sp³-hybridized carbons (Fsp3) is 0.250. The van der Waals surface area contributed by atoms with E-state index < -0.39 is 10.0 Å². The summed E-state index contributed by atoms with van der Waals surface area (Å²) in [6.45, 7) is 0. The zero-order valence-electron chi connectivity index (χ0n) is 9.18. The molecular weight excluding hydrogens is 236 g/mol. The van der Waals surface area contributed by atoms with Crippen molar-refractivity contribution in [3.63, 3.8) is 0 Å². The molecule has 0 amide bonds. The average molecular weight is 248 g/mol. The Bertz CT molecular complexity index is 745. The van der Waals surface area contributed by atoms with Crippen LogP contribution in [0.25, 0.3) is 5.57 Å². The Labute approximate surface area is 99.2 Å². The van der Waals surface area contributed by atoms with Gasteiger partial charge in [0.2, 0.25) is 10.0 Å². The highest BCUT2D eigenvalue weighted by molar-refractivity contribution is 7.89. The number of benzene rings is 1. The number of sulfonamides is 1. The van der Waals surface area contributed by atoms with Crippen molar-refractivity contribution in [3.8, 4) is 0 Å². The van der Waals surface area contributed by atoms with E-state index >= 15 is 0 Å². The van der Waals surface area contributed by atoms with Crippen LogP contribution in [-0.2, 0) is 10.0 Å². The number of nitrogens with two attached hydrogens (primary N) is 1. The Morgan fingerprint density at radius 1 is 1.29 bits per heavy atom. The van der Waals surface area contributed by atoms with Gasteiger partial charge in [0.05, 0.1) is 15.9 Å². The van der Waals surface area contributed by atoms with Crippen LogP contribution in [0, 0.1) is 0 Å². The molecule has 1 heterocycles. The number of rotatable bonds is 1. The van der Waals surface area contributed by atoms with Crippen molar-refractivity contribution in [3.05, 3.63) is 40.5 Å². The standard InChI is InChI=1S/C12H12N2O2S/c13-17(15,16)8-5-6-10-9-3-1-2-4-11(9)14-12(10)7-8/h4-7H,1-3H2,(H2,13,15,16). The van der Waals surface area contributed by atoms with E-state index in [-0.39, 0.29) is 4.90 Å². The van der Waals surface area contributed by atoms with Crippen molar-refractivity contribution in [2.24, 2.45) is 10.1 Å². The molecule has 88 valence electrons. The van der Waals surface area contributed by atoms with Crippen molar-refractivity contribution in [2.75, 3.05) is 0 Å². The maximum atomic E-state index is 11.3. The number of fused-ring (bicyclic) bond motifs is 2. The lowest BCUT2D eigenvalue weighted by atomic mass is 9.98. The molecule has 0 fully saturated rings. The first-order valence-electron chi connectivity index (χ1n) is 5.51. The molecule has 1 aliphatic carbocycles. The molecule has 1 aliphatic heterocycles. The molecule has 0 radical (unpaired) electrons. The topological polar surface area (TPSA) is 72.5 Å². The first kappa shape index (κ1) is 10.7. The zero-order valence-corrected chi connectivity index (χ0v) is 10.00. The van der Waals surface area contributed by atoms with E-state index in [4.69, 9.17) is 5.14 Å². The monoisotopic (exact) mass is 248 g/mol. The molecule has 2 aliphatic rings. The molecule has 0 bridgehead atoms. The molecule has 0 spiro atoms. The van der Waals surface area contributed by atoms with Gasteiger partial charge in [-0.2, -0.15) is 0 Å². The van der Waals surface area contributed by atoms with Crippen molar-refractivity contribution in [2.45, 2.75) is 24.2 Å². The molecule has 4 nitrogen and oxygen atoms in total. The molecule has 0 saturated carbocycles. The van der Waals surface area contributed by atoms with E-state index in [2.05, 4.69) is 11.1 Å². The fourth-order valence-corrected chi connectivity index (χ4v) is 2.85. The summed E-state index contributed by atoms with van der Waals surface area (Å²) in [6, 6.07) is 4.91. The quantitative estimate of drug-likeness (QED) is 0.770. The summed E-state index contributed by atoms with van der Waals surface area (Å²) in [5, 5.41) is 6.87. The van der Waals surface area contributed by atoms with Gasteiger partial charge in [-0.1, -0.05) is 12.1 Å². The van der Waals surface area contributed by atoms with Gasteiger partial charge in [-0.25, -0.2) is 18.5 Å². The third-order valence-corrected chi connectivity index (χ3v) is 4.05. The highest BCUT2D eigenvalue weighted by Crippen LogP contribution is 2.26. The maximum absolute atomic E-state index is 11.3. The fourth-order valence-electron chi connectivity index (χ4n) is 2.32. The minimum atomic E-state index is -3.65. The third kappa shape index (κ3) is 1.71. The van der Waals surface area contributed by atoms with Gasteiger partial charge in [0.25, 0.3) is 0 Å². The van der Waals surface area contributed by atoms with Gasteiger partial charge in [-0.3, -0.25) is 0 Å². The number of hydrogen-bond acceptors (Lipinski definition) is 3. The predicted molar refractivity (Wildman–Crippen MR) is 63.9 cm³/mol. The molecule has 5 heteroatoms. The minimum Gasteiger partial charge on any atom is -0.248 e. The number of nitrogens with zero attached hydrogens (tertiary/aromatic N) is 1. The summed E-state index contributed by atoms with van der Waals surface area (Å²) in [5.74, 6) is 0. The van der Waals surface area contributed by atoms with Crippen LogP contribution in [-0.4, -0.2) is 8.42 Å². The second kappa shape index (κ2) is 3.51. The molecule has 2 N–H and O–H groups in total. The van der Waals surface area contributed by atoms with Gasteiger partial charge in [-0.15, -0.1) is 0 Å². The second-order valence-electron chi connectivity index (χ2n) is 4.30. The molecule has 3 rings (SSSR count). The van der Waals surface area contributed by atoms with E-state index in [0.717, 1.165) is 35.5 Å². The van der Waals surface area contributed by atoms with Gasteiger partial charge < -0.3 is 0 Å². The van der Waals surface area contributed by atoms with Crippen molar-refractivity contribution < 1.29 is 8.42 Å². The predicted octanol–water partition coefficient (Wildman–Crippen LogP) is 0.186. The van der Waals surface area contributed by atoms with Gasteiger partial charge in [0.15, 0.2) is 0 Å². The van der Waals surface area contributed by atoms with Crippen LogP contribution >= 0.6 is 0 Å². The summed E-state index contributed by atoms with van der Waals surface area (Å²) < 4.78 is 22.5. The second-order valence-corrected chi connectivity index (χ2v) is 5.86. The molecule has 17 heavy (non-hydrogen) atoms. The highest BCUT2D eigenvalue weighted by atomic mass is 32.2. The summed E-state index contributed by atoms with van der Waals surface area (Å²) >= 11 is 0. The molecule has 0 atom stereocenters. The SMILES string of the molecule is NS(=O)(=O)c1ccc2c(c1)=NC1=CCCCC=21. The van der Waals surface area contributed by atoms with Gasteiger partial charge >= 0.3 is 0 Å². The van der Waals surface area contributed by atoms with Crippen LogP contribution in [0.3, 0.4) is 0 Å². The molecular formula is C12H12N2O2S. The molecule has 1 aromatic rings. The summed E-state index contributed by atoms with van der Waals surface area (Å²) in [7, 11) is -3.65. The Morgan fingerprint density at radius 3 is 2.88 bits per heavy atom. The Morgan fingerprint density at radius 2 is 2.12 bits per heavy atom. The molecule has 1 aromatic carbocycles. The summed E-state index contributed by atoms with van der Waals surface area (Å²) in [4.78, 5) is 4.58. The van der Waals surface area contributed by atoms with Crippen molar-refractivity contribution in [1.29, 1.82) is 0 Å². The molecule has 0 aromatic heterocycles. The zero-order chi connectivity index (χ0) is 12.0. The van der Waals surface area contributed by atoms with E-state index in [9.17, 15) is 8.42 Å². The van der Waals surface area contributed by atoms with Gasteiger partial charge in [-0.05, 0) is 37.0 Å². The lowest BCUT2D eigenvalue weighted by Crippen LogP contribution is -2.25. The van der Waals surface area contributed by atoms with E-state index in [1.165, 1.54) is 5.57 Å². The Balaban J connectivity index is 2.32. The lowest BCUT2D eigenvalue weighted by Gasteiger charge is -2.08. The van der Waals surface area contributed by atoms with Crippen LogP contribution in [0.1, 0.15) is 19.3 Å². The Hall–Kier alpha value is -1.46. The summed E-state index contributed by atoms with van der Waals surface area (Å²) in [6.07, 6.45) is 5.29. The normalized spacial score (nSPS) is 18.2. The number of primary sulfonamides is 1. The van der Waals surface area contributed by atoms with Crippen LogP contribution < -0.4 is 15.7 Å². The molecule has 0 saturated heterocycles. The van der Waals surface area contributed by atoms with E-state index in [1.807, 2.05) is 0 Å². The maximum Gasteiger partial charge on any atom is 0.238 e.